The molecule has 3 heterocycles. The molecule has 6 aromatic rings. The van der Waals surface area contributed by atoms with Gasteiger partial charge in [-0.2, -0.15) is 0 Å². The van der Waals surface area contributed by atoms with E-state index in [1.54, 1.807) is 0 Å². The zero-order valence-electron chi connectivity index (χ0n) is 91.9. The Labute approximate surface area is 811 Å². The van der Waals surface area contributed by atoms with Crippen molar-refractivity contribution in [2.75, 3.05) is 95.3 Å². The van der Waals surface area contributed by atoms with E-state index in [0.717, 1.165) is 136 Å². The van der Waals surface area contributed by atoms with Gasteiger partial charge in [0.2, 0.25) is 0 Å². The van der Waals surface area contributed by atoms with Gasteiger partial charge in [-0.05, 0) is 327 Å². The quantitative estimate of drug-likeness (QED) is 0.0257. The maximum Gasteiger partial charge on any atom is 0.257 e. The Morgan fingerprint density at radius 2 is 0.841 bits per heavy atom. The molecule has 2 unspecified atom stereocenters. The lowest BCUT2D eigenvalue weighted by molar-refractivity contribution is 0.0205. The van der Waals surface area contributed by atoms with Crippen molar-refractivity contribution in [2.45, 2.75) is 405 Å². The molecule has 3 aliphatic heterocycles. The van der Waals surface area contributed by atoms with Crippen molar-refractivity contribution in [3.63, 3.8) is 0 Å². The third-order valence-electron chi connectivity index (χ3n) is 22.1. The van der Waals surface area contributed by atoms with Crippen LogP contribution in [0, 0.1) is 37.9 Å². The number of hydrogen-bond acceptors (Lipinski definition) is 13. The van der Waals surface area contributed by atoms with Gasteiger partial charge in [0.1, 0.15) is 11.5 Å². The molecule has 748 valence electrons. The zero-order chi connectivity index (χ0) is 99.6. The highest BCUT2D eigenvalue weighted by atomic mass is 16.5. The van der Waals surface area contributed by atoms with Gasteiger partial charge < -0.3 is 65.0 Å². The van der Waals surface area contributed by atoms with E-state index in [9.17, 15) is 4.79 Å². The molecule has 9 rings (SSSR count). The Bertz CT molecular complexity index is 4030. The molecule has 6 aromatic carbocycles. The van der Waals surface area contributed by atoms with Crippen LogP contribution in [-0.2, 0) is 46.4 Å². The van der Waals surface area contributed by atoms with Crippen LogP contribution in [0.5, 0.6) is 11.5 Å². The maximum absolute atomic E-state index is 12.9. The summed E-state index contributed by atoms with van der Waals surface area (Å²) in [5, 5.41) is 17.9. The molecule has 0 radical (unpaired) electrons. The molecule has 3 aliphatic rings. The maximum atomic E-state index is 12.9. The zero-order valence-corrected chi connectivity index (χ0v) is 91.9. The smallest absolute Gasteiger partial charge is 0.257 e. The minimum Gasteiger partial charge on any atom is -0.494 e. The Morgan fingerprint density at radius 1 is 0.379 bits per heavy atom. The number of hydrogen-bond donors (Lipinski definition) is 5. The number of anilines is 2. The minimum atomic E-state index is 0.0610. The molecule has 132 heavy (non-hydrogen) atoms. The number of carbonyl (C=O) groups excluding carboxylic acids is 1. The summed E-state index contributed by atoms with van der Waals surface area (Å²) in [5.41, 5.74) is 15.7. The predicted molar refractivity (Wildman–Crippen MR) is 572 cm³/mol. The van der Waals surface area contributed by atoms with Crippen molar-refractivity contribution in [2.24, 2.45) is 37.9 Å². The largest absolute Gasteiger partial charge is 0.494 e. The normalized spacial score (nSPS) is 16.6. The number of nitrogens with zero attached hydrogens (tertiary/aromatic N) is 3. The van der Waals surface area contributed by atoms with Gasteiger partial charge in [0.25, 0.3) is 5.91 Å². The summed E-state index contributed by atoms with van der Waals surface area (Å²) in [5.74, 6) is 1.77. The molecule has 5 atom stereocenters. The first-order valence-electron chi connectivity index (χ1n) is 50.8. The molecular weight excluding hydrogens is 1630 g/mol. The highest BCUT2D eigenvalue weighted by molar-refractivity contribution is 5.97. The van der Waals surface area contributed by atoms with E-state index in [1.807, 2.05) is 29.2 Å². The summed E-state index contributed by atoms with van der Waals surface area (Å²) in [7, 11) is 0. The fraction of sp³-hybridized carbons (Fsp3) is 0.686. The highest BCUT2D eigenvalue weighted by Crippen LogP contribution is 2.33. The number of nitrogens with one attached hydrogen (secondary N) is 5. The first-order valence-corrected chi connectivity index (χ1v) is 50.8. The van der Waals surface area contributed by atoms with Crippen LogP contribution in [0.1, 0.15) is 376 Å². The monoisotopic (exact) mass is 1830 g/mol. The first-order chi connectivity index (χ1) is 60.6. The minimum absolute atomic E-state index is 0.0610. The SMILES string of the molecule is CC(C)(C)CCCOc1cccc(CCC(C)(C)C)c1.CC(C)(C)COCCc1ccc(CNC(C)(C)C)cc1.CC(C)(C)COc1ccccc1C(=O)N1CC[C@@H](NC(C)(C)C)C1.CC(C)(C)Cc1ccc(CCCCNC(C)(C)C)cc1.CC(NC(C)(C)C)c1ccc(N2CC[C@@H](OCC(C)(C)C)C2)cc1.CC(NC(C)(C)C)c1ccc(N2CC[C@H](OCC(C)(C)C)C2)cc1. The van der Waals surface area contributed by atoms with E-state index in [4.69, 9.17) is 23.7 Å². The number of ether oxygens (including phenoxy) is 5. The molecule has 0 saturated carbocycles. The van der Waals surface area contributed by atoms with E-state index in [0.29, 0.717) is 64.5 Å². The lowest BCUT2D eigenvalue weighted by Crippen LogP contribution is -2.45. The highest BCUT2D eigenvalue weighted by Gasteiger charge is 2.33. The van der Waals surface area contributed by atoms with Gasteiger partial charge in [0.15, 0.2) is 0 Å². The number of para-hydroxylation sites is 1. The second-order valence-corrected chi connectivity index (χ2v) is 52.0. The molecule has 14 heteroatoms. The Balaban J connectivity index is 0.000000332. The lowest BCUT2D eigenvalue weighted by Gasteiger charge is -2.27. The van der Waals surface area contributed by atoms with E-state index in [2.05, 4.69) is 421 Å². The van der Waals surface area contributed by atoms with Crippen LogP contribution in [-0.4, -0.2) is 142 Å². The number of amides is 1. The summed E-state index contributed by atoms with van der Waals surface area (Å²) in [6, 6.07) is 53.3. The van der Waals surface area contributed by atoms with Gasteiger partial charge in [-0.15, -0.1) is 0 Å². The molecule has 3 fully saturated rings. The van der Waals surface area contributed by atoms with Gasteiger partial charge in [-0.25, -0.2) is 0 Å². The van der Waals surface area contributed by atoms with Crippen LogP contribution < -0.4 is 45.9 Å². The number of rotatable bonds is 32. The summed E-state index contributed by atoms with van der Waals surface area (Å²) < 4.78 is 29.7. The third-order valence-corrected chi connectivity index (χ3v) is 22.1. The third kappa shape index (κ3) is 57.0. The van der Waals surface area contributed by atoms with Crippen molar-refractivity contribution >= 4 is 17.3 Å². The van der Waals surface area contributed by atoms with E-state index in [1.165, 1.54) is 82.4 Å². The Kier molecular flexibility index (Phi) is 47.9. The molecule has 0 spiro atoms. The average Bonchev–Trinajstić information content (AvgIpc) is 1.62. The molecule has 5 N–H and O–H groups in total. The number of unbranched alkanes of at least 4 members (excludes halogenated alkanes) is 1. The molecular formula is C118H200N8O6. The van der Waals surface area contributed by atoms with Gasteiger partial charge in [-0.1, -0.05) is 242 Å². The van der Waals surface area contributed by atoms with E-state index >= 15 is 0 Å². The first kappa shape index (κ1) is 118. The average molecular weight is 1830 g/mol. The lowest BCUT2D eigenvalue weighted by atomic mass is 9.88. The molecule has 0 aromatic heterocycles. The predicted octanol–water partition coefficient (Wildman–Crippen LogP) is 28.3. The van der Waals surface area contributed by atoms with Crippen molar-refractivity contribution < 1.29 is 28.5 Å². The van der Waals surface area contributed by atoms with Gasteiger partial charge in [0, 0.05) is 103 Å². The van der Waals surface area contributed by atoms with Gasteiger partial charge >= 0.3 is 0 Å². The van der Waals surface area contributed by atoms with Gasteiger partial charge in [0.05, 0.1) is 57.4 Å². The second-order valence-electron chi connectivity index (χ2n) is 52.0. The fourth-order valence-corrected chi connectivity index (χ4v) is 15.5. The summed E-state index contributed by atoms with van der Waals surface area (Å²) in [6.07, 6.45) is 14.5. The number of carbonyl (C=O) groups is 1. The second kappa shape index (κ2) is 53.6. The Morgan fingerprint density at radius 3 is 1.29 bits per heavy atom. The molecule has 1 amide bonds. The van der Waals surface area contributed by atoms with Crippen LogP contribution in [0.4, 0.5) is 11.4 Å². The molecule has 14 nitrogen and oxygen atoms in total. The van der Waals surface area contributed by atoms with Crippen LogP contribution in [0.3, 0.4) is 0 Å². The van der Waals surface area contributed by atoms with Crippen molar-refractivity contribution in [1.29, 1.82) is 0 Å². The van der Waals surface area contributed by atoms with E-state index in [-0.39, 0.29) is 55.3 Å². The topological polar surface area (TPSA) is 133 Å². The van der Waals surface area contributed by atoms with Crippen LogP contribution >= 0.6 is 0 Å². The molecule has 0 aliphatic carbocycles. The summed E-state index contributed by atoms with van der Waals surface area (Å²) in [6.45, 7) is 96.8. The molecule has 3 saturated heterocycles. The van der Waals surface area contributed by atoms with Crippen molar-refractivity contribution in [3.05, 3.63) is 190 Å². The summed E-state index contributed by atoms with van der Waals surface area (Å²) in [4.78, 5) is 19.7. The van der Waals surface area contributed by atoms with Crippen molar-refractivity contribution in [1.82, 2.24) is 31.5 Å². The number of aryl methyl sites for hydroxylation is 2. The van der Waals surface area contributed by atoms with Crippen LogP contribution in [0.15, 0.2) is 146 Å². The van der Waals surface area contributed by atoms with Gasteiger partial charge in [-0.3, -0.25) is 4.79 Å². The standard InChI is InChI=1S/2C21H36N2O.C20H32N2O2.C19H33N.C19H32O.C18H31NO/c2*1-16(22-21(5,6)7)17-8-10-18(11-9-17)23-13-12-19(14-23)24-15-20(2,3)4;1-19(2,3)14-24-17-10-8-7-9-16(17)18(23)22-12-11-15(13-22)21-20(4,5)6;1-18(2,3)15-17-12-10-16(11-13-17)9-7-8-14-20-19(4,5)6;1-18(2,3)12-8-14-20-17-10-7-9-16(15-17)11-13-19(4,5)6;1-17(2,3)14-20-12-11-15-7-9-16(10-8-15)13-19-18(4,5)6/h2*8-11,16,19,22H,12-15H2,1-7H3;7-10,15,21H,11-14H2,1-6H3;10-13,20H,7-9,14-15H2,1-6H3;7,9-10,15H,8,11-14H2,1-6H3;7-10,19H,11-14H2,1-6H3/t2*16?,19-;15-;;;/m101.../s1. The summed E-state index contributed by atoms with van der Waals surface area (Å²) >= 11 is 0. The van der Waals surface area contributed by atoms with Crippen LogP contribution in [0.25, 0.3) is 0 Å². The Hall–Kier alpha value is -6.33. The fourth-order valence-electron chi connectivity index (χ4n) is 15.5. The number of benzene rings is 6. The number of likely N-dealkylation sites (tertiary alicyclic amines) is 1. The van der Waals surface area contributed by atoms with Crippen molar-refractivity contribution in [3.8, 4) is 11.5 Å². The van der Waals surface area contributed by atoms with Crippen LogP contribution in [0.2, 0.25) is 0 Å². The van der Waals surface area contributed by atoms with E-state index < -0.39 is 0 Å². The molecule has 0 bridgehead atoms.